The molecule has 0 aromatic heterocycles. The van der Waals surface area contributed by atoms with E-state index in [0.29, 0.717) is 6.07 Å². The molecule has 0 aliphatic rings. The van der Waals surface area contributed by atoms with Gasteiger partial charge in [-0.05, 0) is 35.9 Å². The third kappa shape index (κ3) is 3.72. The van der Waals surface area contributed by atoms with Crippen LogP contribution in [0.1, 0.15) is 11.1 Å². The van der Waals surface area contributed by atoms with Crippen LogP contribution in [0.3, 0.4) is 0 Å². The van der Waals surface area contributed by atoms with Crippen molar-refractivity contribution in [3.8, 4) is 5.75 Å². The Morgan fingerprint density at radius 2 is 1.65 bits per heavy atom. The zero-order valence-corrected chi connectivity index (χ0v) is 11.6. The van der Waals surface area contributed by atoms with E-state index in [-0.39, 0.29) is 12.4 Å². The van der Waals surface area contributed by atoms with Gasteiger partial charge in [-0.25, -0.2) is 4.39 Å². The predicted octanol–water partition coefficient (Wildman–Crippen LogP) is 5.19. The molecule has 0 unspecified atom stereocenters. The van der Waals surface area contributed by atoms with Gasteiger partial charge in [0, 0.05) is 4.47 Å². The summed E-state index contributed by atoms with van der Waals surface area (Å²) in [6.07, 6.45) is -4.74. The van der Waals surface area contributed by atoms with E-state index in [4.69, 9.17) is 4.74 Å². The van der Waals surface area contributed by atoms with E-state index in [1.165, 1.54) is 6.07 Å². The molecule has 0 radical (unpaired) electrons. The van der Waals surface area contributed by atoms with Crippen molar-refractivity contribution in [1.29, 1.82) is 0 Å². The molecule has 0 amide bonds. The summed E-state index contributed by atoms with van der Waals surface area (Å²) in [7, 11) is 0. The average molecular weight is 349 g/mol. The molecule has 0 bridgehead atoms. The van der Waals surface area contributed by atoms with Gasteiger partial charge in [-0.3, -0.25) is 0 Å². The molecule has 0 N–H and O–H groups in total. The molecule has 0 spiro atoms. The van der Waals surface area contributed by atoms with E-state index < -0.39 is 17.6 Å². The minimum Gasteiger partial charge on any atom is -0.489 e. The van der Waals surface area contributed by atoms with Gasteiger partial charge in [0.1, 0.15) is 18.2 Å². The van der Waals surface area contributed by atoms with Crippen LogP contribution in [-0.2, 0) is 12.8 Å². The van der Waals surface area contributed by atoms with Crippen LogP contribution in [0.25, 0.3) is 0 Å². The van der Waals surface area contributed by atoms with Crippen LogP contribution in [0.4, 0.5) is 17.6 Å². The summed E-state index contributed by atoms with van der Waals surface area (Å²) >= 11 is 3.27. The summed E-state index contributed by atoms with van der Waals surface area (Å²) in [4.78, 5) is 0. The SMILES string of the molecule is Fc1ccc(OCc2ccc(Br)cc2)cc1C(F)(F)F. The Morgan fingerprint density at radius 1 is 1.00 bits per heavy atom. The van der Waals surface area contributed by atoms with Crippen molar-refractivity contribution >= 4 is 15.9 Å². The van der Waals surface area contributed by atoms with Crippen molar-refractivity contribution in [3.05, 3.63) is 63.9 Å². The van der Waals surface area contributed by atoms with Crippen LogP contribution >= 0.6 is 15.9 Å². The van der Waals surface area contributed by atoms with Gasteiger partial charge >= 0.3 is 6.18 Å². The maximum absolute atomic E-state index is 13.1. The van der Waals surface area contributed by atoms with Gasteiger partial charge in [0.05, 0.1) is 5.56 Å². The largest absolute Gasteiger partial charge is 0.489 e. The van der Waals surface area contributed by atoms with E-state index in [1.807, 2.05) is 0 Å². The molecule has 0 saturated carbocycles. The van der Waals surface area contributed by atoms with Crippen molar-refractivity contribution in [2.45, 2.75) is 12.8 Å². The Morgan fingerprint density at radius 3 is 2.25 bits per heavy atom. The Balaban J connectivity index is 2.12. The van der Waals surface area contributed by atoms with Crippen molar-refractivity contribution < 1.29 is 22.3 Å². The van der Waals surface area contributed by atoms with E-state index in [1.54, 1.807) is 24.3 Å². The average Bonchev–Trinajstić information content (AvgIpc) is 2.38. The smallest absolute Gasteiger partial charge is 0.419 e. The maximum atomic E-state index is 13.1. The number of rotatable bonds is 3. The van der Waals surface area contributed by atoms with Crippen molar-refractivity contribution in [1.82, 2.24) is 0 Å². The highest BCUT2D eigenvalue weighted by Crippen LogP contribution is 2.33. The zero-order valence-electron chi connectivity index (χ0n) is 10.0. The van der Waals surface area contributed by atoms with Crippen LogP contribution in [0.15, 0.2) is 46.9 Å². The lowest BCUT2D eigenvalue weighted by atomic mass is 10.2. The first kappa shape index (κ1) is 14.8. The molecule has 20 heavy (non-hydrogen) atoms. The molecular weight excluding hydrogens is 340 g/mol. The summed E-state index contributed by atoms with van der Waals surface area (Å²) in [5.41, 5.74) is -0.531. The topological polar surface area (TPSA) is 9.23 Å². The second-order valence-corrected chi connectivity index (χ2v) is 4.97. The second kappa shape index (κ2) is 5.83. The Bertz CT molecular complexity index is 593. The minimum absolute atomic E-state index is 0.0263. The van der Waals surface area contributed by atoms with Crippen molar-refractivity contribution in [2.75, 3.05) is 0 Å². The van der Waals surface area contributed by atoms with Crippen LogP contribution in [-0.4, -0.2) is 0 Å². The highest BCUT2D eigenvalue weighted by molar-refractivity contribution is 9.10. The first-order valence-corrected chi connectivity index (χ1v) is 6.39. The summed E-state index contributed by atoms with van der Waals surface area (Å²) < 4.78 is 56.8. The molecule has 6 heteroatoms. The fraction of sp³-hybridized carbons (Fsp3) is 0.143. The molecule has 0 atom stereocenters. The lowest BCUT2D eigenvalue weighted by Gasteiger charge is -2.11. The molecule has 0 saturated heterocycles. The van der Waals surface area contributed by atoms with Gasteiger partial charge < -0.3 is 4.74 Å². The lowest BCUT2D eigenvalue weighted by molar-refractivity contribution is -0.140. The first-order chi connectivity index (χ1) is 9.36. The summed E-state index contributed by atoms with van der Waals surface area (Å²) in [6, 6.07) is 9.73. The van der Waals surface area contributed by atoms with Gasteiger partial charge in [0.15, 0.2) is 0 Å². The molecule has 0 fully saturated rings. The highest BCUT2D eigenvalue weighted by atomic mass is 79.9. The van der Waals surface area contributed by atoms with Crippen LogP contribution in [0.5, 0.6) is 5.75 Å². The van der Waals surface area contributed by atoms with E-state index >= 15 is 0 Å². The highest BCUT2D eigenvalue weighted by Gasteiger charge is 2.34. The Labute approximate surface area is 121 Å². The molecule has 0 aliphatic heterocycles. The molecule has 2 rings (SSSR count). The monoisotopic (exact) mass is 348 g/mol. The predicted molar refractivity (Wildman–Crippen MR) is 69.9 cm³/mol. The number of halogens is 5. The van der Waals surface area contributed by atoms with Gasteiger partial charge in [-0.1, -0.05) is 28.1 Å². The first-order valence-electron chi connectivity index (χ1n) is 5.60. The van der Waals surface area contributed by atoms with E-state index in [0.717, 1.165) is 16.1 Å². The molecule has 2 aromatic carbocycles. The molecule has 106 valence electrons. The molecule has 0 heterocycles. The second-order valence-electron chi connectivity index (χ2n) is 4.05. The van der Waals surface area contributed by atoms with E-state index in [9.17, 15) is 17.6 Å². The molecule has 2 aromatic rings. The number of hydrogen-bond acceptors (Lipinski definition) is 1. The fourth-order valence-corrected chi connectivity index (χ4v) is 1.82. The number of ether oxygens (including phenoxy) is 1. The van der Waals surface area contributed by atoms with Crippen LogP contribution < -0.4 is 4.74 Å². The van der Waals surface area contributed by atoms with Crippen LogP contribution in [0, 0.1) is 5.82 Å². The number of hydrogen-bond donors (Lipinski definition) is 0. The Kier molecular flexibility index (Phi) is 4.32. The maximum Gasteiger partial charge on any atom is 0.419 e. The van der Waals surface area contributed by atoms with E-state index in [2.05, 4.69) is 15.9 Å². The van der Waals surface area contributed by atoms with Crippen molar-refractivity contribution in [3.63, 3.8) is 0 Å². The number of alkyl halides is 3. The standard InChI is InChI=1S/C14H9BrF4O/c15-10-3-1-9(2-4-10)8-20-11-5-6-13(16)12(7-11)14(17,18)19/h1-7H,8H2. The quantitative estimate of drug-likeness (QED) is 0.694. The zero-order chi connectivity index (χ0) is 14.8. The molecule has 0 aliphatic carbocycles. The third-order valence-corrected chi connectivity index (χ3v) is 3.09. The van der Waals surface area contributed by atoms with Gasteiger partial charge in [0.25, 0.3) is 0 Å². The fourth-order valence-electron chi connectivity index (χ4n) is 1.56. The molecular formula is C14H9BrF4O. The Hall–Kier alpha value is -1.56. The third-order valence-electron chi connectivity index (χ3n) is 2.56. The van der Waals surface area contributed by atoms with Gasteiger partial charge in [-0.15, -0.1) is 0 Å². The summed E-state index contributed by atoms with van der Waals surface area (Å²) in [5.74, 6) is -1.34. The van der Waals surface area contributed by atoms with Crippen LogP contribution in [0.2, 0.25) is 0 Å². The normalized spacial score (nSPS) is 11.4. The van der Waals surface area contributed by atoms with Gasteiger partial charge in [-0.2, -0.15) is 13.2 Å². The number of benzene rings is 2. The molecule has 1 nitrogen and oxygen atoms in total. The minimum atomic E-state index is -4.74. The van der Waals surface area contributed by atoms with Crippen molar-refractivity contribution in [2.24, 2.45) is 0 Å². The summed E-state index contributed by atoms with van der Waals surface area (Å²) in [5, 5.41) is 0. The summed E-state index contributed by atoms with van der Waals surface area (Å²) in [6.45, 7) is 0.107. The van der Waals surface area contributed by atoms with Gasteiger partial charge in [0.2, 0.25) is 0 Å². The lowest BCUT2D eigenvalue weighted by Crippen LogP contribution is -2.08.